The first-order valence-electron chi connectivity index (χ1n) is 9.55. The predicted octanol–water partition coefficient (Wildman–Crippen LogP) is 1.93. The quantitative estimate of drug-likeness (QED) is 0.483. The zero-order valence-electron chi connectivity index (χ0n) is 18.3. The number of ether oxygens (including phenoxy) is 2. The van der Waals surface area contributed by atoms with E-state index in [0.717, 1.165) is 22.1 Å². The number of nitrogens with zero attached hydrogens (tertiary/aromatic N) is 2. The highest BCUT2D eigenvalue weighted by molar-refractivity contribution is 5.82. The van der Waals surface area contributed by atoms with Crippen molar-refractivity contribution in [3.63, 3.8) is 0 Å². The summed E-state index contributed by atoms with van der Waals surface area (Å²) in [4.78, 5) is 25.4. The first-order chi connectivity index (χ1) is 11.6. The Kier molecular flexibility index (Phi) is 6.91. The summed E-state index contributed by atoms with van der Waals surface area (Å²) in [7, 11) is 12.4. The molecule has 0 aliphatic heterocycles. The third-order valence-electron chi connectivity index (χ3n) is 5.96. The molecule has 0 heterocycles. The van der Waals surface area contributed by atoms with E-state index in [1.54, 1.807) is 0 Å². The lowest BCUT2D eigenvalue weighted by molar-refractivity contribution is -0.870. The molecular formula is C20H40N2O4+2. The third kappa shape index (κ3) is 5.68. The Balaban J connectivity index is 2.70. The van der Waals surface area contributed by atoms with Crippen LogP contribution >= 0.6 is 0 Å². The maximum atomic E-state index is 12.8. The Hall–Kier alpha value is -1.14. The van der Waals surface area contributed by atoms with Gasteiger partial charge in [-0.05, 0) is 25.2 Å². The number of rotatable bonds is 8. The van der Waals surface area contributed by atoms with Gasteiger partial charge in [0.2, 0.25) is 0 Å². The third-order valence-corrected chi connectivity index (χ3v) is 5.96. The maximum Gasteiger partial charge on any atom is 0.312 e. The van der Waals surface area contributed by atoms with Crippen LogP contribution in [0.25, 0.3) is 0 Å². The lowest BCUT2D eigenvalue weighted by Gasteiger charge is -2.38. The summed E-state index contributed by atoms with van der Waals surface area (Å²) in [5.74, 6) is -0.658. The van der Waals surface area contributed by atoms with Crippen LogP contribution in [0.4, 0.5) is 0 Å². The molecule has 0 spiro atoms. The lowest BCUT2D eigenvalue weighted by atomic mass is 9.65. The second-order valence-electron chi connectivity index (χ2n) is 10.5. The molecule has 1 rings (SSSR count). The minimum atomic E-state index is -0.665. The average Bonchev–Trinajstić information content (AvgIpc) is 2.67. The van der Waals surface area contributed by atoms with E-state index in [-0.39, 0.29) is 17.9 Å². The number of quaternary nitrogens is 2. The fourth-order valence-corrected chi connectivity index (χ4v) is 3.37. The normalized spacial score (nSPS) is 25.8. The van der Waals surface area contributed by atoms with Crippen molar-refractivity contribution in [3.05, 3.63) is 0 Å². The van der Waals surface area contributed by atoms with Gasteiger partial charge in [-0.3, -0.25) is 9.59 Å². The second-order valence-corrected chi connectivity index (χ2v) is 10.5. The summed E-state index contributed by atoms with van der Waals surface area (Å²) in [6.45, 7) is 8.24. The molecule has 0 aromatic carbocycles. The molecule has 1 fully saturated rings. The minimum Gasteiger partial charge on any atom is -0.459 e. The molecule has 2 unspecified atom stereocenters. The van der Waals surface area contributed by atoms with E-state index in [1.807, 2.05) is 20.8 Å². The molecule has 0 radical (unpaired) electrons. The van der Waals surface area contributed by atoms with Gasteiger partial charge in [0.25, 0.3) is 0 Å². The van der Waals surface area contributed by atoms with E-state index in [4.69, 9.17) is 9.47 Å². The molecule has 0 aromatic rings. The van der Waals surface area contributed by atoms with Crippen LogP contribution in [0.1, 0.15) is 33.6 Å². The Morgan fingerprint density at radius 3 is 1.81 bits per heavy atom. The van der Waals surface area contributed by atoms with Crippen LogP contribution in [0.15, 0.2) is 0 Å². The molecule has 6 heteroatoms. The van der Waals surface area contributed by atoms with Gasteiger partial charge >= 0.3 is 11.9 Å². The van der Waals surface area contributed by atoms with Gasteiger partial charge in [-0.25, -0.2) is 0 Å². The standard InChI is InChI=1S/C20H40N2O4/c1-19(2)16(17(23)25-14-12-21(4,5)6)10-11-20(19,3)18(24)26-15-13-22(7,8)9/h16H,10-15H2,1-9H3/q+2. The molecule has 0 bridgehead atoms. The van der Waals surface area contributed by atoms with Crippen LogP contribution in [-0.4, -0.2) is 89.5 Å². The summed E-state index contributed by atoms with van der Waals surface area (Å²) in [6, 6.07) is 0. The summed E-state index contributed by atoms with van der Waals surface area (Å²) in [6.07, 6.45) is 1.31. The summed E-state index contributed by atoms with van der Waals surface area (Å²) in [5, 5.41) is 0. The van der Waals surface area contributed by atoms with Gasteiger partial charge in [-0.2, -0.15) is 0 Å². The van der Waals surface area contributed by atoms with Crippen molar-refractivity contribution in [2.75, 3.05) is 68.6 Å². The van der Waals surface area contributed by atoms with Gasteiger partial charge in [0, 0.05) is 0 Å². The molecule has 152 valence electrons. The van der Waals surface area contributed by atoms with Crippen LogP contribution < -0.4 is 0 Å². The van der Waals surface area contributed by atoms with Crippen molar-refractivity contribution in [3.8, 4) is 0 Å². The van der Waals surface area contributed by atoms with Crippen LogP contribution in [0.2, 0.25) is 0 Å². The summed E-state index contributed by atoms with van der Waals surface area (Å²) >= 11 is 0. The monoisotopic (exact) mass is 372 g/mol. The lowest BCUT2D eigenvalue weighted by Crippen LogP contribution is -2.45. The second kappa shape index (κ2) is 7.85. The average molecular weight is 373 g/mol. The zero-order chi connectivity index (χ0) is 20.4. The van der Waals surface area contributed by atoms with Crippen molar-refractivity contribution in [1.82, 2.24) is 0 Å². The number of carbonyl (C=O) groups excluding carboxylic acids is 2. The van der Waals surface area contributed by atoms with Gasteiger partial charge in [0.1, 0.15) is 26.3 Å². The molecular weight excluding hydrogens is 332 g/mol. The smallest absolute Gasteiger partial charge is 0.312 e. The van der Waals surface area contributed by atoms with E-state index in [0.29, 0.717) is 26.1 Å². The summed E-state index contributed by atoms with van der Waals surface area (Å²) < 4.78 is 12.6. The molecule has 1 aliphatic rings. The minimum absolute atomic E-state index is 0.189. The Morgan fingerprint density at radius 1 is 0.885 bits per heavy atom. The van der Waals surface area contributed by atoms with Gasteiger partial charge < -0.3 is 18.4 Å². The number of carbonyl (C=O) groups is 2. The zero-order valence-corrected chi connectivity index (χ0v) is 18.3. The Labute approximate surface area is 159 Å². The van der Waals surface area contributed by atoms with Crippen LogP contribution in [-0.2, 0) is 19.1 Å². The fraction of sp³-hybridized carbons (Fsp3) is 0.900. The first kappa shape index (κ1) is 22.9. The van der Waals surface area contributed by atoms with E-state index in [2.05, 4.69) is 42.3 Å². The van der Waals surface area contributed by atoms with Crippen LogP contribution in [0.5, 0.6) is 0 Å². The molecule has 6 nitrogen and oxygen atoms in total. The van der Waals surface area contributed by atoms with E-state index in [9.17, 15) is 9.59 Å². The molecule has 1 aliphatic carbocycles. The number of likely N-dealkylation sites (N-methyl/N-ethyl adjacent to an activating group) is 2. The highest BCUT2D eigenvalue weighted by atomic mass is 16.5. The van der Waals surface area contributed by atoms with Gasteiger partial charge in [0.05, 0.1) is 53.6 Å². The fourth-order valence-electron chi connectivity index (χ4n) is 3.37. The van der Waals surface area contributed by atoms with Crippen LogP contribution in [0, 0.1) is 16.7 Å². The Bertz CT molecular complexity index is 517. The molecule has 0 aromatic heterocycles. The number of esters is 2. The molecule has 26 heavy (non-hydrogen) atoms. The van der Waals surface area contributed by atoms with E-state index in [1.165, 1.54) is 0 Å². The van der Waals surface area contributed by atoms with Gasteiger partial charge in [0.15, 0.2) is 0 Å². The van der Waals surface area contributed by atoms with E-state index < -0.39 is 10.8 Å². The largest absolute Gasteiger partial charge is 0.459 e. The molecule has 2 atom stereocenters. The summed E-state index contributed by atoms with van der Waals surface area (Å²) in [5.41, 5.74) is -1.16. The van der Waals surface area contributed by atoms with Crippen molar-refractivity contribution < 1.29 is 28.0 Å². The number of hydrogen-bond donors (Lipinski definition) is 0. The van der Waals surface area contributed by atoms with Gasteiger partial charge in [-0.1, -0.05) is 13.8 Å². The SMILES string of the molecule is CC1(C(=O)OCC[N+](C)(C)C)CCC(C(=O)OCC[N+](C)(C)C)C1(C)C. The molecule has 0 amide bonds. The van der Waals surface area contributed by atoms with Crippen LogP contribution in [0.3, 0.4) is 0 Å². The molecule has 0 saturated heterocycles. The van der Waals surface area contributed by atoms with Crippen molar-refractivity contribution in [1.29, 1.82) is 0 Å². The Morgan fingerprint density at radius 2 is 1.35 bits per heavy atom. The predicted molar refractivity (Wildman–Crippen MR) is 102 cm³/mol. The molecule has 1 saturated carbocycles. The van der Waals surface area contributed by atoms with Gasteiger partial charge in [-0.15, -0.1) is 0 Å². The number of hydrogen-bond acceptors (Lipinski definition) is 4. The maximum absolute atomic E-state index is 12.8. The highest BCUT2D eigenvalue weighted by Crippen LogP contribution is 2.56. The van der Waals surface area contributed by atoms with Crippen molar-refractivity contribution in [2.24, 2.45) is 16.7 Å². The molecule has 0 N–H and O–H groups in total. The van der Waals surface area contributed by atoms with Crippen molar-refractivity contribution in [2.45, 2.75) is 33.6 Å². The first-order valence-corrected chi connectivity index (χ1v) is 9.55. The van der Waals surface area contributed by atoms with E-state index >= 15 is 0 Å². The highest BCUT2D eigenvalue weighted by Gasteiger charge is 2.59. The topological polar surface area (TPSA) is 52.6 Å². The van der Waals surface area contributed by atoms with Crippen molar-refractivity contribution >= 4 is 11.9 Å².